The van der Waals surface area contributed by atoms with E-state index in [-0.39, 0.29) is 5.92 Å². The van der Waals surface area contributed by atoms with Crippen molar-refractivity contribution >= 4 is 0 Å². The van der Waals surface area contributed by atoms with Crippen molar-refractivity contribution in [2.45, 2.75) is 31.3 Å². The molecule has 1 aliphatic carbocycles. The summed E-state index contributed by atoms with van der Waals surface area (Å²) < 4.78 is 5.39. The van der Waals surface area contributed by atoms with Crippen LogP contribution in [-0.4, -0.2) is 12.2 Å². The first kappa shape index (κ1) is 13.2. The van der Waals surface area contributed by atoms with Gasteiger partial charge in [0.2, 0.25) is 0 Å². The van der Waals surface area contributed by atoms with Crippen molar-refractivity contribution in [3.8, 4) is 5.75 Å². The van der Waals surface area contributed by atoms with Gasteiger partial charge in [-0.2, -0.15) is 0 Å². The van der Waals surface area contributed by atoms with Gasteiger partial charge >= 0.3 is 0 Å². The lowest BCUT2D eigenvalue weighted by Crippen LogP contribution is -2.17. The molecular weight excluding hydrogens is 248 g/mol. The summed E-state index contributed by atoms with van der Waals surface area (Å²) in [6.45, 7) is 0. The van der Waals surface area contributed by atoms with E-state index in [1.807, 2.05) is 24.3 Å². The van der Waals surface area contributed by atoms with Gasteiger partial charge in [-0.1, -0.05) is 42.5 Å². The van der Waals surface area contributed by atoms with Crippen molar-refractivity contribution in [2.75, 3.05) is 7.11 Å². The number of methoxy groups -OCH3 is 1. The minimum Gasteiger partial charge on any atom is -0.496 e. The predicted octanol–water partition coefficient (Wildman–Crippen LogP) is 3.85. The molecule has 2 heteroatoms. The summed E-state index contributed by atoms with van der Waals surface area (Å²) in [6.07, 6.45) is 2.77. The first-order chi connectivity index (χ1) is 9.81. The molecule has 0 heterocycles. The van der Waals surface area contributed by atoms with Gasteiger partial charge in [0.1, 0.15) is 5.75 Å². The molecule has 2 atom stereocenters. The van der Waals surface area contributed by atoms with Gasteiger partial charge in [-0.25, -0.2) is 0 Å². The number of para-hydroxylation sites is 1. The van der Waals surface area contributed by atoms with Crippen molar-refractivity contribution in [2.24, 2.45) is 0 Å². The molecule has 0 aromatic heterocycles. The normalized spacial score (nSPS) is 19.2. The highest BCUT2D eigenvalue weighted by atomic mass is 16.5. The summed E-state index contributed by atoms with van der Waals surface area (Å²) in [6, 6.07) is 16.2. The van der Waals surface area contributed by atoms with Gasteiger partial charge in [-0.3, -0.25) is 0 Å². The number of ether oxygens (including phenoxy) is 1. The lowest BCUT2D eigenvalue weighted by atomic mass is 9.78. The number of aliphatic hydroxyl groups excluding tert-OH is 1. The van der Waals surface area contributed by atoms with E-state index in [0.29, 0.717) is 0 Å². The van der Waals surface area contributed by atoms with Gasteiger partial charge in [0, 0.05) is 11.5 Å². The van der Waals surface area contributed by atoms with Crippen LogP contribution >= 0.6 is 0 Å². The third-order valence-corrected chi connectivity index (χ3v) is 4.25. The fourth-order valence-electron chi connectivity index (χ4n) is 3.25. The number of benzene rings is 2. The second kappa shape index (κ2) is 5.68. The predicted molar refractivity (Wildman–Crippen MR) is 80.1 cm³/mol. The maximum atomic E-state index is 10.8. The molecule has 0 aliphatic heterocycles. The van der Waals surface area contributed by atoms with Gasteiger partial charge in [-0.15, -0.1) is 0 Å². The standard InChI is InChI=1S/C18H20O2/c1-20-17-12-5-4-10-16(17)18(19)15-11-6-8-13-7-2-3-9-14(13)15/h2-5,7,9-10,12,15,18-19H,6,8,11H2,1H3. The van der Waals surface area contributed by atoms with Gasteiger partial charge in [0.15, 0.2) is 0 Å². The van der Waals surface area contributed by atoms with Crippen LogP contribution in [0.1, 0.15) is 41.6 Å². The summed E-state index contributed by atoms with van der Waals surface area (Å²) in [7, 11) is 1.65. The Hall–Kier alpha value is -1.80. The Kier molecular flexibility index (Phi) is 3.75. The molecule has 1 N–H and O–H groups in total. The average molecular weight is 268 g/mol. The molecule has 0 amide bonds. The van der Waals surface area contributed by atoms with E-state index < -0.39 is 6.10 Å². The number of fused-ring (bicyclic) bond motifs is 1. The molecule has 0 saturated heterocycles. The highest BCUT2D eigenvalue weighted by Gasteiger charge is 2.28. The Morgan fingerprint density at radius 3 is 2.70 bits per heavy atom. The van der Waals surface area contributed by atoms with Crippen molar-refractivity contribution in [3.63, 3.8) is 0 Å². The highest BCUT2D eigenvalue weighted by molar-refractivity contribution is 5.40. The molecular formula is C18H20O2. The summed E-state index contributed by atoms with van der Waals surface area (Å²) in [4.78, 5) is 0. The van der Waals surface area contributed by atoms with E-state index in [2.05, 4.69) is 24.3 Å². The SMILES string of the molecule is COc1ccccc1C(O)C1CCCc2ccccc21. The fourth-order valence-corrected chi connectivity index (χ4v) is 3.25. The van der Waals surface area contributed by atoms with Gasteiger partial charge in [-0.05, 0) is 36.5 Å². The molecule has 0 saturated carbocycles. The smallest absolute Gasteiger partial charge is 0.124 e. The Morgan fingerprint density at radius 2 is 1.85 bits per heavy atom. The molecule has 104 valence electrons. The number of rotatable bonds is 3. The lowest BCUT2D eigenvalue weighted by Gasteiger charge is -2.30. The molecule has 20 heavy (non-hydrogen) atoms. The summed E-state index contributed by atoms with van der Waals surface area (Å²) in [5.74, 6) is 0.930. The van der Waals surface area contributed by atoms with Crippen molar-refractivity contribution < 1.29 is 9.84 Å². The van der Waals surface area contributed by atoms with Crippen LogP contribution in [0.2, 0.25) is 0 Å². The summed E-state index contributed by atoms with van der Waals surface area (Å²) >= 11 is 0. The topological polar surface area (TPSA) is 29.5 Å². The summed E-state index contributed by atoms with van der Waals surface area (Å²) in [5.41, 5.74) is 3.55. The first-order valence-corrected chi connectivity index (χ1v) is 7.20. The molecule has 2 aromatic rings. The van der Waals surface area contributed by atoms with Crippen LogP contribution < -0.4 is 4.74 Å². The zero-order valence-electron chi connectivity index (χ0n) is 11.8. The Bertz CT molecular complexity index is 591. The van der Waals surface area contributed by atoms with E-state index in [9.17, 15) is 5.11 Å². The molecule has 3 rings (SSSR count). The molecule has 0 spiro atoms. The van der Waals surface area contributed by atoms with Crippen LogP contribution in [0, 0.1) is 0 Å². The third kappa shape index (κ3) is 2.32. The second-order valence-corrected chi connectivity index (χ2v) is 5.38. The quantitative estimate of drug-likeness (QED) is 0.916. The van der Waals surface area contributed by atoms with E-state index >= 15 is 0 Å². The molecule has 0 bridgehead atoms. The lowest BCUT2D eigenvalue weighted by molar-refractivity contribution is 0.132. The molecule has 0 fully saturated rings. The van der Waals surface area contributed by atoms with Gasteiger partial charge in [0.05, 0.1) is 13.2 Å². The van der Waals surface area contributed by atoms with Crippen LogP contribution in [0.4, 0.5) is 0 Å². The number of hydrogen-bond donors (Lipinski definition) is 1. The largest absolute Gasteiger partial charge is 0.496 e. The maximum absolute atomic E-state index is 10.8. The molecule has 2 unspecified atom stereocenters. The van der Waals surface area contributed by atoms with Gasteiger partial charge < -0.3 is 9.84 Å². The maximum Gasteiger partial charge on any atom is 0.124 e. The van der Waals surface area contributed by atoms with Crippen molar-refractivity contribution in [1.82, 2.24) is 0 Å². The average Bonchev–Trinajstić information content (AvgIpc) is 2.53. The zero-order valence-corrected chi connectivity index (χ0v) is 11.8. The molecule has 0 radical (unpaired) electrons. The molecule has 1 aliphatic rings. The first-order valence-electron chi connectivity index (χ1n) is 7.20. The van der Waals surface area contributed by atoms with Gasteiger partial charge in [0.25, 0.3) is 0 Å². The number of aliphatic hydroxyl groups is 1. The zero-order chi connectivity index (χ0) is 13.9. The second-order valence-electron chi connectivity index (χ2n) is 5.38. The van der Waals surface area contributed by atoms with Crippen molar-refractivity contribution in [3.05, 3.63) is 65.2 Å². The van der Waals surface area contributed by atoms with Crippen LogP contribution in [0.25, 0.3) is 0 Å². The minimum atomic E-state index is -0.507. The van der Waals surface area contributed by atoms with Crippen LogP contribution in [0.15, 0.2) is 48.5 Å². The Labute approximate surface area is 120 Å². The van der Waals surface area contributed by atoms with E-state index in [4.69, 9.17) is 4.74 Å². The van der Waals surface area contributed by atoms with Crippen LogP contribution in [0.5, 0.6) is 5.75 Å². The monoisotopic (exact) mass is 268 g/mol. The number of aryl methyl sites for hydroxylation is 1. The van der Waals surface area contributed by atoms with Crippen molar-refractivity contribution in [1.29, 1.82) is 0 Å². The van der Waals surface area contributed by atoms with E-state index in [1.165, 1.54) is 11.1 Å². The minimum absolute atomic E-state index is 0.163. The molecule has 2 nitrogen and oxygen atoms in total. The fraction of sp³-hybridized carbons (Fsp3) is 0.333. The highest BCUT2D eigenvalue weighted by Crippen LogP contribution is 2.42. The Balaban J connectivity index is 1.97. The van der Waals surface area contributed by atoms with Crippen LogP contribution in [-0.2, 0) is 6.42 Å². The van der Waals surface area contributed by atoms with E-state index in [1.54, 1.807) is 7.11 Å². The third-order valence-electron chi connectivity index (χ3n) is 4.25. The van der Waals surface area contributed by atoms with Crippen LogP contribution in [0.3, 0.4) is 0 Å². The van der Waals surface area contributed by atoms with E-state index in [0.717, 1.165) is 30.6 Å². The Morgan fingerprint density at radius 1 is 1.10 bits per heavy atom. The summed E-state index contributed by atoms with van der Waals surface area (Å²) in [5, 5.41) is 10.8. The molecule has 2 aromatic carbocycles. The number of hydrogen-bond acceptors (Lipinski definition) is 2.